The van der Waals surface area contributed by atoms with Crippen molar-refractivity contribution < 1.29 is 14.3 Å². The minimum absolute atomic E-state index is 0.0832. The van der Waals surface area contributed by atoms with E-state index in [4.69, 9.17) is 9.52 Å². The summed E-state index contributed by atoms with van der Waals surface area (Å²) >= 11 is 0. The highest BCUT2D eigenvalue weighted by Gasteiger charge is 2.14. The lowest BCUT2D eigenvalue weighted by atomic mass is 10.0. The van der Waals surface area contributed by atoms with Crippen molar-refractivity contribution in [3.8, 4) is 11.3 Å². The number of carboxylic acids is 1. The molecule has 2 aromatic rings. The quantitative estimate of drug-likeness (QED) is 0.896. The smallest absolute Gasteiger partial charge is 0.304 e. The molecule has 1 atom stereocenters. The van der Waals surface area contributed by atoms with E-state index in [1.165, 1.54) is 11.1 Å². The molecule has 2 rings (SSSR count). The second kappa shape index (κ2) is 5.31. The molecular weight excluding hydrogens is 240 g/mol. The topological polar surface area (TPSA) is 50.4 Å². The van der Waals surface area contributed by atoms with Crippen LogP contribution >= 0.6 is 0 Å². The van der Waals surface area contributed by atoms with Gasteiger partial charge in [0.25, 0.3) is 0 Å². The van der Waals surface area contributed by atoms with E-state index >= 15 is 0 Å². The highest BCUT2D eigenvalue weighted by atomic mass is 16.4. The maximum absolute atomic E-state index is 10.7. The van der Waals surface area contributed by atoms with E-state index in [0.717, 1.165) is 17.1 Å². The van der Waals surface area contributed by atoms with Crippen LogP contribution in [0.3, 0.4) is 0 Å². The summed E-state index contributed by atoms with van der Waals surface area (Å²) in [4.78, 5) is 10.7. The monoisotopic (exact) mass is 258 g/mol. The lowest BCUT2D eigenvalue weighted by Gasteiger charge is -2.05. The third-order valence-corrected chi connectivity index (χ3v) is 3.38. The molecule has 1 unspecified atom stereocenters. The fourth-order valence-corrected chi connectivity index (χ4v) is 2.03. The van der Waals surface area contributed by atoms with Crippen LogP contribution < -0.4 is 0 Å². The minimum Gasteiger partial charge on any atom is -0.481 e. The Morgan fingerprint density at radius 2 is 1.95 bits per heavy atom. The van der Waals surface area contributed by atoms with Gasteiger partial charge in [0.2, 0.25) is 0 Å². The van der Waals surface area contributed by atoms with E-state index in [0.29, 0.717) is 0 Å². The molecule has 0 fully saturated rings. The highest BCUT2D eigenvalue weighted by Crippen LogP contribution is 2.28. The zero-order valence-electron chi connectivity index (χ0n) is 11.4. The van der Waals surface area contributed by atoms with Gasteiger partial charge in [0.15, 0.2) is 0 Å². The second-order valence-corrected chi connectivity index (χ2v) is 5.00. The molecule has 1 N–H and O–H groups in total. The van der Waals surface area contributed by atoms with Crippen LogP contribution in [0.15, 0.2) is 34.7 Å². The van der Waals surface area contributed by atoms with Crippen LogP contribution in [0.25, 0.3) is 11.3 Å². The van der Waals surface area contributed by atoms with Crippen LogP contribution in [0.2, 0.25) is 0 Å². The van der Waals surface area contributed by atoms with E-state index in [1.807, 2.05) is 25.1 Å². The van der Waals surface area contributed by atoms with Gasteiger partial charge >= 0.3 is 5.97 Å². The van der Waals surface area contributed by atoms with Crippen molar-refractivity contribution in [2.24, 2.45) is 0 Å². The van der Waals surface area contributed by atoms with Gasteiger partial charge in [-0.2, -0.15) is 0 Å². The summed E-state index contributed by atoms with van der Waals surface area (Å²) in [6.07, 6.45) is 0.0832. The van der Waals surface area contributed by atoms with Gasteiger partial charge in [-0.15, -0.1) is 0 Å². The molecule has 3 nitrogen and oxygen atoms in total. The number of aryl methyl sites for hydroxylation is 2. The van der Waals surface area contributed by atoms with Crippen LogP contribution in [-0.4, -0.2) is 11.1 Å². The molecule has 0 aliphatic rings. The molecule has 1 aromatic heterocycles. The summed E-state index contributed by atoms with van der Waals surface area (Å²) in [5.41, 5.74) is 3.49. The first-order valence-electron chi connectivity index (χ1n) is 6.36. The number of rotatable bonds is 4. The summed E-state index contributed by atoms with van der Waals surface area (Å²) in [7, 11) is 0. The summed E-state index contributed by atoms with van der Waals surface area (Å²) in [5.74, 6) is 0.584. The molecule has 0 aliphatic carbocycles. The first kappa shape index (κ1) is 13.4. The average Bonchev–Trinajstić information content (AvgIpc) is 2.81. The van der Waals surface area contributed by atoms with Crippen LogP contribution in [0, 0.1) is 13.8 Å². The standard InChI is InChI=1S/C16H18O3/c1-10-4-5-13(8-11(10)2)15-7-6-14(19-15)12(3)9-16(17)18/h4-8,12H,9H2,1-3H3,(H,17,18). The van der Waals surface area contributed by atoms with Crippen LogP contribution in [0.5, 0.6) is 0 Å². The van der Waals surface area contributed by atoms with Gasteiger partial charge in [0.1, 0.15) is 11.5 Å². The molecule has 0 saturated heterocycles. The molecule has 0 aliphatic heterocycles. The maximum Gasteiger partial charge on any atom is 0.304 e. The number of benzene rings is 1. The Hall–Kier alpha value is -2.03. The van der Waals surface area contributed by atoms with Crippen molar-refractivity contribution in [2.75, 3.05) is 0 Å². The molecule has 19 heavy (non-hydrogen) atoms. The van der Waals surface area contributed by atoms with Gasteiger partial charge in [0.05, 0.1) is 6.42 Å². The molecule has 0 amide bonds. The van der Waals surface area contributed by atoms with Crippen molar-refractivity contribution in [1.29, 1.82) is 0 Å². The predicted molar refractivity (Wildman–Crippen MR) is 74.3 cm³/mol. The molecule has 3 heteroatoms. The predicted octanol–water partition coefficient (Wildman–Crippen LogP) is 4.14. The summed E-state index contributed by atoms with van der Waals surface area (Å²) in [5, 5.41) is 8.79. The maximum atomic E-state index is 10.7. The van der Waals surface area contributed by atoms with Crippen LogP contribution in [0.1, 0.15) is 36.1 Å². The Bertz CT molecular complexity index is 596. The first-order valence-corrected chi connectivity index (χ1v) is 6.36. The van der Waals surface area contributed by atoms with Crippen LogP contribution in [0.4, 0.5) is 0 Å². The zero-order chi connectivity index (χ0) is 14.0. The fraction of sp³-hybridized carbons (Fsp3) is 0.312. The largest absolute Gasteiger partial charge is 0.481 e. The van der Waals surface area contributed by atoms with Gasteiger partial charge in [0, 0.05) is 11.5 Å². The van der Waals surface area contributed by atoms with E-state index < -0.39 is 5.97 Å². The molecule has 0 spiro atoms. The lowest BCUT2D eigenvalue weighted by Crippen LogP contribution is -2.01. The van der Waals surface area contributed by atoms with E-state index in [2.05, 4.69) is 26.0 Å². The number of hydrogen-bond acceptors (Lipinski definition) is 2. The third-order valence-electron chi connectivity index (χ3n) is 3.38. The zero-order valence-corrected chi connectivity index (χ0v) is 11.4. The number of aliphatic carboxylic acids is 1. The normalized spacial score (nSPS) is 12.4. The van der Waals surface area contributed by atoms with Gasteiger partial charge < -0.3 is 9.52 Å². The van der Waals surface area contributed by atoms with E-state index in [1.54, 1.807) is 0 Å². The van der Waals surface area contributed by atoms with Gasteiger partial charge in [-0.1, -0.05) is 19.1 Å². The number of furan rings is 1. The number of carbonyl (C=O) groups is 1. The first-order chi connectivity index (χ1) is 8.97. The Morgan fingerprint density at radius 1 is 1.21 bits per heavy atom. The van der Waals surface area contributed by atoms with E-state index in [-0.39, 0.29) is 12.3 Å². The van der Waals surface area contributed by atoms with Gasteiger partial charge in [-0.05, 0) is 43.2 Å². The fourth-order valence-electron chi connectivity index (χ4n) is 2.03. The molecule has 0 radical (unpaired) electrons. The summed E-state index contributed by atoms with van der Waals surface area (Å²) < 4.78 is 5.76. The average molecular weight is 258 g/mol. The lowest BCUT2D eigenvalue weighted by molar-refractivity contribution is -0.137. The number of carboxylic acid groups (broad SMARTS) is 1. The van der Waals surface area contributed by atoms with Crippen molar-refractivity contribution in [3.63, 3.8) is 0 Å². The Balaban J connectivity index is 2.25. The number of hydrogen-bond donors (Lipinski definition) is 1. The Labute approximate surface area is 112 Å². The van der Waals surface area contributed by atoms with Crippen molar-refractivity contribution in [2.45, 2.75) is 33.1 Å². The SMILES string of the molecule is Cc1ccc(-c2ccc(C(C)CC(=O)O)o2)cc1C. The molecular formula is C16H18O3. The summed E-state index contributed by atoms with van der Waals surface area (Å²) in [6.45, 7) is 5.99. The molecule has 100 valence electrons. The van der Waals surface area contributed by atoms with Crippen molar-refractivity contribution in [3.05, 3.63) is 47.2 Å². The molecule has 1 aromatic carbocycles. The van der Waals surface area contributed by atoms with Crippen LogP contribution in [-0.2, 0) is 4.79 Å². The van der Waals surface area contributed by atoms with Crippen molar-refractivity contribution in [1.82, 2.24) is 0 Å². The highest BCUT2D eigenvalue weighted by molar-refractivity contribution is 5.68. The van der Waals surface area contributed by atoms with Gasteiger partial charge in [-0.25, -0.2) is 0 Å². The Kier molecular flexibility index (Phi) is 3.74. The third kappa shape index (κ3) is 3.05. The molecule has 0 bridgehead atoms. The summed E-state index contributed by atoms with van der Waals surface area (Å²) in [6, 6.07) is 9.93. The minimum atomic E-state index is -0.809. The second-order valence-electron chi connectivity index (χ2n) is 5.00. The molecule has 0 saturated carbocycles. The molecule has 1 heterocycles. The van der Waals surface area contributed by atoms with Crippen molar-refractivity contribution >= 4 is 5.97 Å². The van der Waals surface area contributed by atoms with Gasteiger partial charge in [-0.3, -0.25) is 4.79 Å². The van der Waals surface area contributed by atoms with E-state index in [9.17, 15) is 4.79 Å². The Morgan fingerprint density at radius 3 is 2.58 bits per heavy atom.